The van der Waals surface area contributed by atoms with Crippen molar-refractivity contribution in [2.45, 2.75) is 44.3 Å². The number of benzene rings is 1. The second-order valence-electron chi connectivity index (χ2n) is 6.67. The van der Waals surface area contributed by atoms with Crippen molar-refractivity contribution in [1.29, 1.82) is 0 Å². The number of aromatic nitrogens is 1. The first-order chi connectivity index (χ1) is 13.3. The zero-order valence-electron chi connectivity index (χ0n) is 15.6. The monoisotopic (exact) mass is 387 g/mol. The highest BCUT2D eigenvalue weighted by Gasteiger charge is 2.26. The molecule has 0 fully saturated rings. The van der Waals surface area contributed by atoms with Crippen molar-refractivity contribution < 1.29 is 19.2 Å². The number of amides is 3. The Balaban J connectivity index is 2.16. The van der Waals surface area contributed by atoms with Crippen LogP contribution in [0.4, 0.5) is 0 Å². The molecule has 0 aliphatic heterocycles. The Morgan fingerprint density at radius 3 is 2.57 bits per heavy atom. The number of nitrogens with two attached hydrogens (primary N) is 2. The summed E-state index contributed by atoms with van der Waals surface area (Å²) in [5, 5.41) is 6.08. The standard InChI is InChI=1S/C19H25N5O4/c1-11(10-25)23-19(28)16(24-18(27)14(20)6-7-17(21)26)8-12-9-22-15-5-3-2-4-13(12)15/h2-5,9-11,14,16,22H,6-8,20H2,1H3,(H2,21,26)(H,23,28)(H,24,27)/t11-,14-,16-/m0/s1. The summed E-state index contributed by atoms with van der Waals surface area (Å²) in [6.07, 6.45) is 2.62. The summed E-state index contributed by atoms with van der Waals surface area (Å²) in [6.45, 7) is 1.54. The lowest BCUT2D eigenvalue weighted by Gasteiger charge is -2.21. The molecule has 7 N–H and O–H groups in total. The first-order valence-corrected chi connectivity index (χ1v) is 8.96. The van der Waals surface area contributed by atoms with Crippen LogP contribution in [0.25, 0.3) is 10.9 Å². The quantitative estimate of drug-likeness (QED) is 0.347. The summed E-state index contributed by atoms with van der Waals surface area (Å²) in [5.74, 6) is -1.63. The summed E-state index contributed by atoms with van der Waals surface area (Å²) < 4.78 is 0. The number of H-pyrrole nitrogens is 1. The predicted molar refractivity (Wildman–Crippen MR) is 104 cm³/mol. The summed E-state index contributed by atoms with van der Waals surface area (Å²) in [6, 6.07) is 4.96. The largest absolute Gasteiger partial charge is 0.370 e. The van der Waals surface area contributed by atoms with Crippen LogP contribution in [0.3, 0.4) is 0 Å². The molecule has 0 saturated carbocycles. The highest BCUT2D eigenvalue weighted by molar-refractivity contribution is 5.92. The SMILES string of the molecule is C[C@@H](C=O)NC(=O)[C@H](Cc1c[nH]c2ccccc12)NC(=O)[C@@H](N)CCC(N)=O. The number of aromatic amines is 1. The highest BCUT2D eigenvalue weighted by Crippen LogP contribution is 2.19. The van der Waals surface area contributed by atoms with Crippen LogP contribution in [0, 0.1) is 0 Å². The van der Waals surface area contributed by atoms with Crippen molar-refractivity contribution in [3.05, 3.63) is 36.0 Å². The molecule has 9 heteroatoms. The second kappa shape index (κ2) is 9.65. The van der Waals surface area contributed by atoms with E-state index in [1.165, 1.54) is 6.92 Å². The van der Waals surface area contributed by atoms with Gasteiger partial charge in [-0.1, -0.05) is 18.2 Å². The Kier molecular flexibility index (Phi) is 7.28. The van der Waals surface area contributed by atoms with Gasteiger partial charge in [-0.2, -0.15) is 0 Å². The summed E-state index contributed by atoms with van der Waals surface area (Å²) in [4.78, 5) is 49.8. The third-order valence-electron chi connectivity index (χ3n) is 4.34. The Bertz CT molecular complexity index is 863. The van der Waals surface area contributed by atoms with Crippen LogP contribution >= 0.6 is 0 Å². The molecule has 9 nitrogen and oxygen atoms in total. The van der Waals surface area contributed by atoms with Gasteiger partial charge >= 0.3 is 0 Å². The van der Waals surface area contributed by atoms with Gasteiger partial charge in [0.1, 0.15) is 12.3 Å². The summed E-state index contributed by atoms with van der Waals surface area (Å²) in [5.41, 5.74) is 12.6. The number of para-hydroxylation sites is 1. The molecule has 2 rings (SSSR count). The van der Waals surface area contributed by atoms with E-state index < -0.39 is 35.8 Å². The maximum absolute atomic E-state index is 12.6. The van der Waals surface area contributed by atoms with Crippen molar-refractivity contribution in [2.24, 2.45) is 11.5 Å². The first kappa shape index (κ1) is 21.1. The zero-order chi connectivity index (χ0) is 20.7. The van der Waals surface area contributed by atoms with Crippen LogP contribution in [0.15, 0.2) is 30.5 Å². The molecular formula is C19H25N5O4. The van der Waals surface area contributed by atoms with Gasteiger partial charge in [-0.3, -0.25) is 14.4 Å². The van der Waals surface area contributed by atoms with Crippen LogP contribution in [0.1, 0.15) is 25.3 Å². The highest BCUT2D eigenvalue weighted by atomic mass is 16.2. The number of primary amides is 1. The average Bonchev–Trinajstić information content (AvgIpc) is 3.08. The van der Waals surface area contributed by atoms with Gasteiger partial charge in [-0.05, 0) is 25.0 Å². The van der Waals surface area contributed by atoms with Crippen molar-refractivity contribution in [3.63, 3.8) is 0 Å². The fourth-order valence-electron chi connectivity index (χ4n) is 2.80. The van der Waals surface area contributed by atoms with Gasteiger partial charge in [0, 0.05) is 29.9 Å². The fourth-order valence-corrected chi connectivity index (χ4v) is 2.80. The van der Waals surface area contributed by atoms with Gasteiger partial charge in [0.15, 0.2) is 0 Å². The Morgan fingerprint density at radius 1 is 1.18 bits per heavy atom. The molecular weight excluding hydrogens is 362 g/mol. The average molecular weight is 387 g/mol. The van der Waals surface area contributed by atoms with Crippen molar-refractivity contribution in [1.82, 2.24) is 15.6 Å². The van der Waals surface area contributed by atoms with Crippen LogP contribution in [0.5, 0.6) is 0 Å². The van der Waals surface area contributed by atoms with Crippen molar-refractivity contribution in [3.8, 4) is 0 Å². The molecule has 1 heterocycles. The number of hydrogen-bond donors (Lipinski definition) is 5. The lowest BCUT2D eigenvalue weighted by Crippen LogP contribution is -2.54. The lowest BCUT2D eigenvalue weighted by molar-refractivity contribution is -0.130. The van der Waals surface area contributed by atoms with Crippen LogP contribution in [-0.4, -0.2) is 47.1 Å². The van der Waals surface area contributed by atoms with Gasteiger partial charge in [0.05, 0.1) is 12.1 Å². The molecule has 3 atom stereocenters. The van der Waals surface area contributed by atoms with E-state index in [1.54, 1.807) is 6.20 Å². The molecule has 0 aliphatic rings. The summed E-state index contributed by atoms with van der Waals surface area (Å²) in [7, 11) is 0. The van der Waals surface area contributed by atoms with Crippen LogP contribution in [0.2, 0.25) is 0 Å². The van der Waals surface area contributed by atoms with Crippen molar-refractivity contribution >= 4 is 34.9 Å². The predicted octanol–water partition coefficient (Wildman–Crippen LogP) is -0.508. The number of aldehydes is 1. The van der Waals surface area contributed by atoms with E-state index in [9.17, 15) is 19.2 Å². The molecule has 28 heavy (non-hydrogen) atoms. The third-order valence-corrected chi connectivity index (χ3v) is 4.34. The topological polar surface area (TPSA) is 160 Å². The normalized spacial score (nSPS) is 14.1. The Hall–Kier alpha value is -3.20. The molecule has 1 aromatic heterocycles. The van der Waals surface area contributed by atoms with Crippen LogP contribution < -0.4 is 22.1 Å². The second-order valence-corrected chi connectivity index (χ2v) is 6.67. The molecule has 0 bridgehead atoms. The van der Waals surface area contributed by atoms with Crippen LogP contribution in [-0.2, 0) is 25.6 Å². The molecule has 3 amide bonds. The molecule has 0 spiro atoms. The number of rotatable bonds is 10. The number of carbonyl (C=O) groups is 4. The van der Waals surface area contributed by atoms with E-state index in [0.29, 0.717) is 6.29 Å². The minimum Gasteiger partial charge on any atom is -0.370 e. The molecule has 2 aromatic rings. The van der Waals surface area contributed by atoms with Gasteiger partial charge < -0.3 is 31.9 Å². The van der Waals surface area contributed by atoms with E-state index in [2.05, 4.69) is 15.6 Å². The van der Waals surface area contributed by atoms with Crippen molar-refractivity contribution in [2.75, 3.05) is 0 Å². The molecule has 0 unspecified atom stereocenters. The van der Waals surface area contributed by atoms with E-state index >= 15 is 0 Å². The minimum atomic E-state index is -0.978. The van der Waals surface area contributed by atoms with Gasteiger partial charge in [-0.15, -0.1) is 0 Å². The number of hydrogen-bond acceptors (Lipinski definition) is 5. The molecule has 0 aliphatic carbocycles. The van der Waals surface area contributed by atoms with Gasteiger partial charge in [-0.25, -0.2) is 0 Å². The number of nitrogens with one attached hydrogen (secondary N) is 3. The summed E-state index contributed by atoms with van der Waals surface area (Å²) >= 11 is 0. The van der Waals surface area contributed by atoms with E-state index in [0.717, 1.165) is 16.5 Å². The van der Waals surface area contributed by atoms with Gasteiger partial charge in [0.25, 0.3) is 0 Å². The number of carbonyl (C=O) groups excluding carboxylic acids is 4. The first-order valence-electron chi connectivity index (χ1n) is 8.96. The zero-order valence-corrected chi connectivity index (χ0v) is 15.6. The Labute approximate surface area is 162 Å². The van der Waals surface area contributed by atoms with E-state index in [-0.39, 0.29) is 19.3 Å². The molecule has 150 valence electrons. The van der Waals surface area contributed by atoms with Gasteiger partial charge in [0.2, 0.25) is 17.7 Å². The molecule has 1 aromatic carbocycles. The lowest BCUT2D eigenvalue weighted by atomic mass is 10.0. The maximum atomic E-state index is 12.6. The molecule has 0 radical (unpaired) electrons. The smallest absolute Gasteiger partial charge is 0.243 e. The Morgan fingerprint density at radius 2 is 1.89 bits per heavy atom. The van der Waals surface area contributed by atoms with E-state index in [4.69, 9.17) is 11.5 Å². The fraction of sp³-hybridized carbons (Fsp3) is 0.368. The minimum absolute atomic E-state index is 0.0317. The number of fused-ring (bicyclic) bond motifs is 1. The maximum Gasteiger partial charge on any atom is 0.243 e. The molecule has 0 saturated heterocycles. The third kappa shape index (κ3) is 5.65. The van der Waals surface area contributed by atoms with E-state index in [1.807, 2.05) is 24.3 Å².